The average molecular weight is 178 g/mol. The Kier molecular flexibility index (Phi) is 3.43. The van der Waals surface area contributed by atoms with Crippen LogP contribution >= 0.6 is 0 Å². The van der Waals surface area contributed by atoms with Gasteiger partial charge < -0.3 is 5.32 Å². The molecule has 0 saturated carbocycles. The van der Waals surface area contributed by atoms with Crippen LogP contribution in [0.25, 0.3) is 0 Å². The number of nitrogens with one attached hydrogen (secondary N) is 1. The van der Waals surface area contributed by atoms with Gasteiger partial charge in [0, 0.05) is 18.9 Å². The monoisotopic (exact) mass is 178 g/mol. The summed E-state index contributed by atoms with van der Waals surface area (Å²) in [5.41, 5.74) is 1.61. The molecule has 0 amide bonds. The van der Waals surface area contributed by atoms with E-state index < -0.39 is 0 Å². The number of hydrogen-bond acceptors (Lipinski definition) is 2. The zero-order chi connectivity index (χ0) is 9.73. The minimum Gasteiger partial charge on any atom is -0.319 e. The highest BCUT2D eigenvalue weighted by Gasteiger charge is 2.16. The van der Waals surface area contributed by atoms with Gasteiger partial charge in [-0.15, -0.1) is 0 Å². The van der Waals surface area contributed by atoms with Gasteiger partial charge in [-0.3, -0.25) is 4.98 Å². The van der Waals surface area contributed by atoms with E-state index in [0.717, 1.165) is 13.0 Å². The first-order chi connectivity index (χ1) is 6.14. The lowest BCUT2D eigenvalue weighted by Gasteiger charge is -2.23. The molecule has 1 N–H and O–H groups in total. The maximum Gasteiger partial charge on any atom is 0.0300 e. The van der Waals surface area contributed by atoms with Crippen molar-refractivity contribution in [1.29, 1.82) is 0 Å². The van der Waals surface area contributed by atoms with E-state index >= 15 is 0 Å². The van der Waals surface area contributed by atoms with E-state index in [1.54, 1.807) is 0 Å². The van der Waals surface area contributed by atoms with Gasteiger partial charge in [-0.05, 0) is 30.5 Å². The summed E-state index contributed by atoms with van der Waals surface area (Å²) in [6, 6.07) is 4.12. The molecule has 0 spiro atoms. The minimum absolute atomic E-state index is 0.303. The third-order valence-corrected chi connectivity index (χ3v) is 2.06. The van der Waals surface area contributed by atoms with E-state index in [-0.39, 0.29) is 0 Å². The molecule has 0 unspecified atom stereocenters. The maximum absolute atomic E-state index is 4.11. The van der Waals surface area contributed by atoms with Crippen molar-refractivity contribution in [3.8, 4) is 0 Å². The van der Waals surface area contributed by atoms with Gasteiger partial charge in [0.2, 0.25) is 0 Å². The van der Waals surface area contributed by atoms with Crippen LogP contribution in [0.15, 0.2) is 24.5 Å². The molecule has 72 valence electrons. The van der Waals surface area contributed by atoms with Crippen molar-refractivity contribution in [2.45, 2.75) is 20.3 Å². The summed E-state index contributed by atoms with van der Waals surface area (Å²) in [5.74, 6) is 0. The second kappa shape index (κ2) is 4.38. The molecule has 1 heterocycles. The quantitative estimate of drug-likeness (QED) is 0.761. The van der Waals surface area contributed by atoms with Crippen molar-refractivity contribution in [2.75, 3.05) is 13.6 Å². The molecule has 0 atom stereocenters. The molecule has 13 heavy (non-hydrogen) atoms. The zero-order valence-corrected chi connectivity index (χ0v) is 8.67. The molecular formula is C11H18N2. The van der Waals surface area contributed by atoms with Gasteiger partial charge in [-0.1, -0.05) is 19.9 Å². The van der Waals surface area contributed by atoms with E-state index in [0.29, 0.717) is 5.41 Å². The highest BCUT2D eigenvalue weighted by atomic mass is 14.8. The van der Waals surface area contributed by atoms with Gasteiger partial charge in [0.05, 0.1) is 0 Å². The minimum atomic E-state index is 0.303. The molecule has 0 saturated heterocycles. The van der Waals surface area contributed by atoms with E-state index in [2.05, 4.69) is 30.2 Å². The van der Waals surface area contributed by atoms with Gasteiger partial charge in [0.25, 0.3) is 0 Å². The van der Waals surface area contributed by atoms with Crippen molar-refractivity contribution in [2.24, 2.45) is 5.41 Å². The summed E-state index contributed by atoms with van der Waals surface area (Å²) < 4.78 is 0. The number of nitrogens with zero attached hydrogens (tertiary/aromatic N) is 1. The first-order valence-corrected chi connectivity index (χ1v) is 4.67. The number of pyridine rings is 1. The molecule has 2 heteroatoms. The first kappa shape index (κ1) is 10.2. The highest BCUT2D eigenvalue weighted by molar-refractivity contribution is 5.10. The smallest absolute Gasteiger partial charge is 0.0300 e. The highest BCUT2D eigenvalue weighted by Crippen LogP contribution is 2.19. The van der Waals surface area contributed by atoms with Crippen LogP contribution in [0.1, 0.15) is 19.4 Å². The molecule has 0 aliphatic heterocycles. The molecule has 0 fully saturated rings. The van der Waals surface area contributed by atoms with Gasteiger partial charge in [0.15, 0.2) is 0 Å². The summed E-state index contributed by atoms with van der Waals surface area (Å²) in [4.78, 5) is 4.11. The van der Waals surface area contributed by atoms with Gasteiger partial charge >= 0.3 is 0 Å². The van der Waals surface area contributed by atoms with E-state index in [1.807, 2.05) is 25.5 Å². The Morgan fingerprint density at radius 2 is 2.23 bits per heavy atom. The van der Waals surface area contributed by atoms with Crippen LogP contribution in [0.4, 0.5) is 0 Å². The van der Waals surface area contributed by atoms with Gasteiger partial charge in [-0.2, -0.15) is 0 Å². The number of hydrogen-bond donors (Lipinski definition) is 1. The van der Waals surface area contributed by atoms with Crippen LogP contribution in [0.2, 0.25) is 0 Å². The molecule has 1 aromatic heterocycles. The second-order valence-corrected chi connectivity index (χ2v) is 4.23. The predicted molar refractivity (Wildman–Crippen MR) is 55.6 cm³/mol. The third-order valence-electron chi connectivity index (χ3n) is 2.06. The van der Waals surface area contributed by atoms with Crippen LogP contribution in [-0.2, 0) is 6.42 Å². The Bertz CT molecular complexity index is 242. The first-order valence-electron chi connectivity index (χ1n) is 4.67. The zero-order valence-electron chi connectivity index (χ0n) is 8.67. The summed E-state index contributed by atoms with van der Waals surface area (Å²) in [5, 5.41) is 3.21. The molecule has 0 aromatic carbocycles. The van der Waals surface area contributed by atoms with Crippen LogP contribution in [0, 0.1) is 5.41 Å². The summed E-state index contributed by atoms with van der Waals surface area (Å²) in [6.07, 6.45) is 4.83. The molecule has 1 aromatic rings. The van der Waals surface area contributed by atoms with Crippen molar-refractivity contribution in [3.05, 3.63) is 30.1 Å². The SMILES string of the molecule is CNCC(C)(C)Cc1cccnc1. The summed E-state index contributed by atoms with van der Waals surface area (Å²) in [7, 11) is 1.99. The lowest BCUT2D eigenvalue weighted by atomic mass is 9.86. The van der Waals surface area contributed by atoms with E-state index in [1.165, 1.54) is 5.56 Å². The normalized spacial score (nSPS) is 11.6. The molecular weight excluding hydrogens is 160 g/mol. The second-order valence-electron chi connectivity index (χ2n) is 4.23. The van der Waals surface area contributed by atoms with Crippen LogP contribution < -0.4 is 5.32 Å². The fourth-order valence-electron chi connectivity index (χ4n) is 1.60. The molecule has 0 radical (unpaired) electrons. The largest absolute Gasteiger partial charge is 0.319 e. The Hall–Kier alpha value is -0.890. The van der Waals surface area contributed by atoms with Gasteiger partial charge in [0.1, 0.15) is 0 Å². The standard InChI is InChI=1S/C11H18N2/c1-11(2,9-12-3)7-10-5-4-6-13-8-10/h4-6,8,12H,7,9H2,1-3H3. The summed E-state index contributed by atoms with van der Waals surface area (Å²) in [6.45, 7) is 5.55. The van der Waals surface area contributed by atoms with E-state index in [9.17, 15) is 0 Å². The molecule has 2 nitrogen and oxygen atoms in total. The molecule has 0 bridgehead atoms. The average Bonchev–Trinajstić information content (AvgIpc) is 2.04. The lowest BCUT2D eigenvalue weighted by molar-refractivity contribution is 0.349. The Labute approximate surface area is 80.4 Å². The van der Waals surface area contributed by atoms with Gasteiger partial charge in [-0.25, -0.2) is 0 Å². The fraction of sp³-hybridized carbons (Fsp3) is 0.545. The van der Waals surface area contributed by atoms with Crippen LogP contribution in [-0.4, -0.2) is 18.6 Å². The molecule has 0 aliphatic rings. The van der Waals surface area contributed by atoms with Crippen LogP contribution in [0.3, 0.4) is 0 Å². The molecule has 0 aliphatic carbocycles. The number of aromatic nitrogens is 1. The Balaban J connectivity index is 2.58. The third kappa shape index (κ3) is 3.55. The fourth-order valence-corrected chi connectivity index (χ4v) is 1.60. The van der Waals surface area contributed by atoms with Crippen molar-refractivity contribution >= 4 is 0 Å². The predicted octanol–water partition coefficient (Wildman–Crippen LogP) is 1.87. The van der Waals surface area contributed by atoms with Crippen molar-refractivity contribution in [1.82, 2.24) is 10.3 Å². The topological polar surface area (TPSA) is 24.9 Å². The molecule has 1 rings (SSSR count). The maximum atomic E-state index is 4.11. The van der Waals surface area contributed by atoms with Crippen molar-refractivity contribution < 1.29 is 0 Å². The van der Waals surface area contributed by atoms with Crippen molar-refractivity contribution in [3.63, 3.8) is 0 Å². The Morgan fingerprint density at radius 1 is 1.46 bits per heavy atom. The summed E-state index contributed by atoms with van der Waals surface area (Å²) >= 11 is 0. The van der Waals surface area contributed by atoms with Crippen LogP contribution in [0.5, 0.6) is 0 Å². The number of rotatable bonds is 4. The Morgan fingerprint density at radius 3 is 2.77 bits per heavy atom. The van der Waals surface area contributed by atoms with E-state index in [4.69, 9.17) is 0 Å². The lowest BCUT2D eigenvalue weighted by Crippen LogP contribution is -2.28.